The number of benzene rings is 2. The summed E-state index contributed by atoms with van der Waals surface area (Å²) in [6.07, 6.45) is 0. The smallest absolute Gasteiger partial charge is 0.255 e. The Bertz CT molecular complexity index is 762. The van der Waals surface area contributed by atoms with Crippen LogP contribution in [0.2, 0.25) is 5.02 Å². The summed E-state index contributed by atoms with van der Waals surface area (Å²) in [5, 5.41) is 2.87. The first-order valence-corrected chi connectivity index (χ1v) is 6.97. The van der Waals surface area contributed by atoms with Crippen LogP contribution in [-0.2, 0) is 0 Å². The standard InChI is InChI=1S/C16H15ClN2O4/c1-22-13-8-9(7-11(17)14(13)23-2)16(21)19-12-6-4-3-5-10(12)15(18)20/h3-8H,1-2H3,(H2,18,20)(H,19,21). The van der Waals surface area contributed by atoms with Crippen molar-refractivity contribution in [2.45, 2.75) is 0 Å². The van der Waals surface area contributed by atoms with E-state index in [-0.39, 0.29) is 16.1 Å². The van der Waals surface area contributed by atoms with Crippen molar-refractivity contribution in [2.24, 2.45) is 5.73 Å². The van der Waals surface area contributed by atoms with Gasteiger partial charge >= 0.3 is 0 Å². The predicted molar refractivity (Wildman–Crippen MR) is 87.5 cm³/mol. The molecule has 0 aromatic heterocycles. The van der Waals surface area contributed by atoms with Gasteiger partial charge in [-0.2, -0.15) is 0 Å². The van der Waals surface area contributed by atoms with Gasteiger partial charge in [-0.05, 0) is 24.3 Å². The van der Waals surface area contributed by atoms with E-state index in [0.29, 0.717) is 17.2 Å². The molecule has 0 aliphatic carbocycles. The van der Waals surface area contributed by atoms with Crippen molar-refractivity contribution >= 4 is 29.1 Å². The van der Waals surface area contributed by atoms with Gasteiger partial charge in [0.05, 0.1) is 30.5 Å². The molecule has 0 spiro atoms. The number of amides is 2. The highest BCUT2D eigenvalue weighted by molar-refractivity contribution is 6.32. The Kier molecular flexibility index (Phi) is 5.08. The second kappa shape index (κ2) is 7.02. The summed E-state index contributed by atoms with van der Waals surface area (Å²) in [6, 6.07) is 9.39. The molecule has 0 fully saturated rings. The van der Waals surface area contributed by atoms with Crippen LogP contribution in [0.1, 0.15) is 20.7 Å². The zero-order valence-electron chi connectivity index (χ0n) is 12.6. The molecule has 0 radical (unpaired) electrons. The number of methoxy groups -OCH3 is 2. The molecule has 0 unspecified atom stereocenters. The lowest BCUT2D eigenvalue weighted by Gasteiger charge is -2.13. The molecular weight excluding hydrogens is 320 g/mol. The summed E-state index contributed by atoms with van der Waals surface area (Å²) in [5.74, 6) is -0.426. The predicted octanol–water partition coefficient (Wildman–Crippen LogP) is 2.71. The minimum Gasteiger partial charge on any atom is -0.493 e. The number of carbonyl (C=O) groups excluding carboxylic acids is 2. The molecular formula is C16H15ClN2O4. The van der Waals surface area contributed by atoms with Crippen LogP contribution in [0.25, 0.3) is 0 Å². The minimum absolute atomic E-state index is 0.215. The Morgan fingerprint density at radius 1 is 1.13 bits per heavy atom. The molecule has 120 valence electrons. The quantitative estimate of drug-likeness (QED) is 0.879. The van der Waals surface area contributed by atoms with E-state index < -0.39 is 11.8 Å². The van der Waals surface area contributed by atoms with Crippen molar-refractivity contribution in [3.8, 4) is 11.5 Å². The van der Waals surface area contributed by atoms with Gasteiger partial charge in [-0.3, -0.25) is 9.59 Å². The van der Waals surface area contributed by atoms with Crippen molar-refractivity contribution in [1.29, 1.82) is 0 Å². The number of rotatable bonds is 5. The Balaban J connectivity index is 2.35. The van der Waals surface area contributed by atoms with Crippen molar-refractivity contribution < 1.29 is 19.1 Å². The summed E-state index contributed by atoms with van der Waals surface area (Å²) in [7, 11) is 2.89. The van der Waals surface area contributed by atoms with Crippen LogP contribution in [0.3, 0.4) is 0 Å². The maximum Gasteiger partial charge on any atom is 0.255 e. The SMILES string of the molecule is COc1cc(C(=O)Nc2ccccc2C(N)=O)cc(Cl)c1OC. The van der Waals surface area contributed by atoms with Crippen LogP contribution in [0, 0.1) is 0 Å². The molecule has 0 atom stereocenters. The van der Waals surface area contributed by atoms with Crippen LogP contribution in [0.15, 0.2) is 36.4 Å². The van der Waals surface area contributed by atoms with E-state index in [2.05, 4.69) is 5.32 Å². The molecule has 6 nitrogen and oxygen atoms in total. The van der Waals surface area contributed by atoms with Crippen molar-refractivity contribution in [1.82, 2.24) is 0 Å². The molecule has 0 saturated carbocycles. The van der Waals surface area contributed by atoms with E-state index in [1.807, 2.05) is 0 Å². The van der Waals surface area contributed by atoms with Crippen LogP contribution in [-0.4, -0.2) is 26.0 Å². The largest absolute Gasteiger partial charge is 0.493 e. The van der Waals surface area contributed by atoms with Crippen molar-refractivity contribution in [2.75, 3.05) is 19.5 Å². The Morgan fingerprint density at radius 3 is 2.43 bits per heavy atom. The molecule has 0 aliphatic heterocycles. The highest BCUT2D eigenvalue weighted by atomic mass is 35.5. The van der Waals surface area contributed by atoms with Crippen LogP contribution in [0.5, 0.6) is 11.5 Å². The Labute approximate surface area is 138 Å². The third-order valence-corrected chi connectivity index (χ3v) is 3.42. The fourth-order valence-corrected chi connectivity index (χ4v) is 2.34. The van der Waals surface area contributed by atoms with Gasteiger partial charge in [-0.1, -0.05) is 23.7 Å². The molecule has 0 saturated heterocycles. The van der Waals surface area contributed by atoms with Crippen molar-refractivity contribution in [3.05, 3.63) is 52.5 Å². The van der Waals surface area contributed by atoms with Gasteiger partial charge in [0, 0.05) is 5.56 Å². The lowest BCUT2D eigenvalue weighted by Crippen LogP contribution is -2.18. The van der Waals surface area contributed by atoms with E-state index in [4.69, 9.17) is 26.8 Å². The van der Waals surface area contributed by atoms with Gasteiger partial charge in [0.2, 0.25) is 0 Å². The summed E-state index contributed by atoms with van der Waals surface area (Å²) >= 11 is 6.08. The number of para-hydroxylation sites is 1. The van der Waals surface area contributed by atoms with E-state index in [0.717, 1.165) is 0 Å². The average molecular weight is 335 g/mol. The molecule has 2 aromatic rings. The van der Waals surface area contributed by atoms with Gasteiger partial charge in [0.15, 0.2) is 11.5 Å². The zero-order valence-corrected chi connectivity index (χ0v) is 13.3. The maximum absolute atomic E-state index is 12.4. The number of halogens is 1. The molecule has 3 N–H and O–H groups in total. The van der Waals surface area contributed by atoms with Crippen molar-refractivity contribution in [3.63, 3.8) is 0 Å². The third kappa shape index (κ3) is 3.54. The summed E-state index contributed by atoms with van der Waals surface area (Å²) in [5.41, 5.74) is 6.08. The number of hydrogen-bond donors (Lipinski definition) is 2. The summed E-state index contributed by atoms with van der Waals surface area (Å²) < 4.78 is 10.3. The van der Waals surface area contributed by atoms with E-state index in [1.54, 1.807) is 18.2 Å². The first kappa shape index (κ1) is 16.6. The first-order valence-electron chi connectivity index (χ1n) is 6.59. The molecule has 2 aromatic carbocycles. The maximum atomic E-state index is 12.4. The number of nitrogens with two attached hydrogens (primary N) is 1. The minimum atomic E-state index is -0.633. The molecule has 23 heavy (non-hydrogen) atoms. The summed E-state index contributed by atoms with van der Waals surface area (Å²) in [4.78, 5) is 23.8. The van der Waals surface area contributed by atoms with Crippen LogP contribution < -0.4 is 20.5 Å². The topological polar surface area (TPSA) is 90.6 Å². The lowest BCUT2D eigenvalue weighted by atomic mass is 10.1. The number of carbonyl (C=O) groups is 2. The normalized spacial score (nSPS) is 10.0. The highest BCUT2D eigenvalue weighted by Crippen LogP contribution is 2.36. The molecule has 0 aliphatic rings. The van der Waals surface area contributed by atoms with Gasteiger partial charge in [0.1, 0.15) is 0 Å². The number of nitrogens with one attached hydrogen (secondary N) is 1. The molecule has 0 bridgehead atoms. The van der Waals surface area contributed by atoms with Crippen LogP contribution in [0.4, 0.5) is 5.69 Å². The van der Waals surface area contributed by atoms with Gasteiger partial charge in [-0.25, -0.2) is 0 Å². The van der Waals surface area contributed by atoms with E-state index in [1.165, 1.54) is 32.4 Å². The first-order chi connectivity index (χ1) is 11.0. The Morgan fingerprint density at radius 2 is 1.83 bits per heavy atom. The fourth-order valence-electron chi connectivity index (χ4n) is 2.05. The molecule has 2 amide bonds. The zero-order chi connectivity index (χ0) is 17.0. The highest BCUT2D eigenvalue weighted by Gasteiger charge is 2.17. The van der Waals surface area contributed by atoms with Gasteiger partial charge in [0.25, 0.3) is 11.8 Å². The Hall–Kier alpha value is -2.73. The van der Waals surface area contributed by atoms with E-state index >= 15 is 0 Å². The lowest BCUT2D eigenvalue weighted by molar-refractivity contribution is 0.100. The molecule has 7 heteroatoms. The monoisotopic (exact) mass is 334 g/mol. The van der Waals surface area contributed by atoms with Gasteiger partial charge < -0.3 is 20.5 Å². The second-order valence-corrected chi connectivity index (χ2v) is 4.96. The molecule has 2 rings (SSSR count). The second-order valence-electron chi connectivity index (χ2n) is 4.56. The number of primary amides is 1. The summed E-state index contributed by atoms with van der Waals surface area (Å²) in [6.45, 7) is 0. The average Bonchev–Trinajstić information content (AvgIpc) is 2.54. The number of hydrogen-bond acceptors (Lipinski definition) is 4. The fraction of sp³-hybridized carbons (Fsp3) is 0.125. The molecule has 0 heterocycles. The van der Waals surface area contributed by atoms with Gasteiger partial charge in [-0.15, -0.1) is 0 Å². The van der Waals surface area contributed by atoms with E-state index in [9.17, 15) is 9.59 Å². The van der Waals surface area contributed by atoms with Crippen LogP contribution >= 0.6 is 11.6 Å². The number of ether oxygens (including phenoxy) is 2. The number of anilines is 1. The third-order valence-electron chi connectivity index (χ3n) is 3.14.